The van der Waals surface area contributed by atoms with Crippen molar-refractivity contribution in [1.82, 2.24) is 0 Å². The molecule has 0 N–H and O–H groups in total. The third-order valence-corrected chi connectivity index (χ3v) is 2.48. The van der Waals surface area contributed by atoms with Crippen molar-refractivity contribution in [1.29, 1.82) is 0 Å². The van der Waals surface area contributed by atoms with E-state index in [1.807, 2.05) is 0 Å². The van der Waals surface area contributed by atoms with Gasteiger partial charge in [-0.05, 0) is 26.2 Å². The molecule has 0 heterocycles. The summed E-state index contributed by atoms with van der Waals surface area (Å²) in [5, 5.41) is 0. The summed E-state index contributed by atoms with van der Waals surface area (Å²) in [5.74, 6) is -0.562. The third kappa shape index (κ3) is 3.08. The van der Waals surface area contributed by atoms with Gasteiger partial charge < -0.3 is 9.47 Å². The molecule has 0 aromatic heterocycles. The molecule has 0 aromatic carbocycles. The largest absolute Gasteiger partial charge is 0.466 e. The summed E-state index contributed by atoms with van der Waals surface area (Å²) >= 11 is 0. The molecule has 1 aliphatic carbocycles. The minimum Gasteiger partial charge on any atom is -0.466 e. The molecule has 0 fully saturated rings. The number of allylic oxidation sites excluding steroid dienone is 1. The fourth-order valence-corrected chi connectivity index (χ4v) is 1.62. The Morgan fingerprint density at radius 3 is 2.73 bits per heavy atom. The lowest BCUT2D eigenvalue weighted by atomic mass is 9.90. The maximum atomic E-state index is 11.4. The van der Waals surface area contributed by atoms with E-state index in [1.165, 1.54) is 7.11 Å². The van der Waals surface area contributed by atoms with Crippen LogP contribution in [0.5, 0.6) is 0 Å². The summed E-state index contributed by atoms with van der Waals surface area (Å²) in [6.07, 6.45) is 3.61. The average Bonchev–Trinajstić information content (AvgIpc) is 2.28. The van der Waals surface area contributed by atoms with Crippen molar-refractivity contribution < 1.29 is 19.1 Å². The maximum absolute atomic E-state index is 11.4. The van der Waals surface area contributed by atoms with Gasteiger partial charge in [-0.3, -0.25) is 4.79 Å². The fourth-order valence-electron chi connectivity index (χ4n) is 1.62. The molecule has 0 spiro atoms. The van der Waals surface area contributed by atoms with E-state index in [1.54, 1.807) is 13.0 Å². The molecular weight excluding hydrogens is 196 g/mol. The maximum Gasteiger partial charge on any atom is 0.333 e. The van der Waals surface area contributed by atoms with Crippen LogP contribution in [0.3, 0.4) is 0 Å². The van der Waals surface area contributed by atoms with Crippen LogP contribution in [0.2, 0.25) is 0 Å². The summed E-state index contributed by atoms with van der Waals surface area (Å²) in [4.78, 5) is 22.5. The van der Waals surface area contributed by atoms with Gasteiger partial charge in [0.1, 0.15) is 0 Å². The number of carbonyl (C=O) groups excluding carboxylic acids is 2. The quantitative estimate of drug-likeness (QED) is 0.664. The zero-order chi connectivity index (χ0) is 11.3. The lowest BCUT2D eigenvalue weighted by Gasteiger charge is -2.19. The molecule has 1 rings (SSSR count). The second kappa shape index (κ2) is 5.53. The van der Waals surface area contributed by atoms with Gasteiger partial charge in [-0.15, -0.1) is 0 Å². The van der Waals surface area contributed by atoms with Crippen molar-refractivity contribution in [2.45, 2.75) is 26.2 Å². The van der Waals surface area contributed by atoms with E-state index in [-0.39, 0.29) is 17.9 Å². The van der Waals surface area contributed by atoms with E-state index in [9.17, 15) is 9.59 Å². The molecule has 0 aliphatic heterocycles. The molecule has 0 saturated heterocycles. The molecule has 1 aliphatic rings. The minimum absolute atomic E-state index is 0.0987. The second-order valence-corrected chi connectivity index (χ2v) is 3.44. The van der Waals surface area contributed by atoms with Crippen LogP contribution in [0.25, 0.3) is 0 Å². The van der Waals surface area contributed by atoms with Gasteiger partial charge in [0.15, 0.2) is 0 Å². The average molecular weight is 212 g/mol. The Morgan fingerprint density at radius 2 is 2.27 bits per heavy atom. The van der Waals surface area contributed by atoms with Gasteiger partial charge in [-0.25, -0.2) is 4.79 Å². The van der Waals surface area contributed by atoms with Crippen LogP contribution in [0.1, 0.15) is 26.2 Å². The summed E-state index contributed by atoms with van der Waals surface area (Å²) in [6.45, 7) is 2.19. The molecule has 1 atom stereocenters. The number of esters is 2. The highest BCUT2D eigenvalue weighted by atomic mass is 16.5. The Labute approximate surface area is 89.2 Å². The zero-order valence-corrected chi connectivity index (χ0v) is 9.12. The lowest BCUT2D eigenvalue weighted by Crippen LogP contribution is -2.21. The van der Waals surface area contributed by atoms with Gasteiger partial charge in [0.25, 0.3) is 0 Å². The first-order valence-corrected chi connectivity index (χ1v) is 5.13. The number of ether oxygens (including phenoxy) is 2. The smallest absolute Gasteiger partial charge is 0.333 e. The topological polar surface area (TPSA) is 52.6 Å². The van der Waals surface area contributed by atoms with E-state index in [0.717, 1.165) is 0 Å². The van der Waals surface area contributed by atoms with Gasteiger partial charge in [-0.1, -0.05) is 6.08 Å². The van der Waals surface area contributed by atoms with Crippen molar-refractivity contribution in [3.63, 3.8) is 0 Å². The molecular formula is C11H16O4. The molecule has 0 aromatic rings. The number of hydrogen-bond donors (Lipinski definition) is 0. The number of rotatable bonds is 3. The normalized spacial score (nSPS) is 20.4. The molecule has 4 nitrogen and oxygen atoms in total. The summed E-state index contributed by atoms with van der Waals surface area (Å²) in [5.41, 5.74) is 0.665. The van der Waals surface area contributed by atoms with Crippen LogP contribution in [0.15, 0.2) is 11.6 Å². The van der Waals surface area contributed by atoms with Crippen LogP contribution < -0.4 is 0 Å². The first-order chi connectivity index (χ1) is 7.19. The van der Waals surface area contributed by atoms with E-state index in [2.05, 4.69) is 4.74 Å². The van der Waals surface area contributed by atoms with Gasteiger partial charge in [0, 0.05) is 5.57 Å². The Balaban J connectivity index is 2.50. The monoisotopic (exact) mass is 212 g/mol. The number of methoxy groups -OCH3 is 1. The summed E-state index contributed by atoms with van der Waals surface area (Å²) < 4.78 is 9.53. The molecule has 4 heteroatoms. The van der Waals surface area contributed by atoms with Crippen molar-refractivity contribution in [2.24, 2.45) is 5.92 Å². The minimum atomic E-state index is -0.294. The number of hydrogen-bond acceptors (Lipinski definition) is 4. The first kappa shape index (κ1) is 11.8. The highest BCUT2D eigenvalue weighted by molar-refractivity contribution is 5.89. The predicted octanol–water partition coefficient (Wildman–Crippen LogP) is 1.45. The second-order valence-electron chi connectivity index (χ2n) is 3.44. The molecule has 15 heavy (non-hydrogen) atoms. The van der Waals surface area contributed by atoms with E-state index >= 15 is 0 Å². The molecule has 0 radical (unpaired) electrons. The Kier molecular flexibility index (Phi) is 4.34. The van der Waals surface area contributed by atoms with Crippen molar-refractivity contribution in [3.05, 3.63) is 11.6 Å². The van der Waals surface area contributed by atoms with Gasteiger partial charge in [0.2, 0.25) is 0 Å². The molecule has 1 unspecified atom stereocenters. The SMILES string of the molecule is CCOC(=O)C1CC=C(C(=O)OC)CC1. The Morgan fingerprint density at radius 1 is 1.53 bits per heavy atom. The molecule has 84 valence electrons. The molecule has 0 bridgehead atoms. The Hall–Kier alpha value is -1.32. The van der Waals surface area contributed by atoms with Crippen LogP contribution in [0.4, 0.5) is 0 Å². The van der Waals surface area contributed by atoms with Crippen molar-refractivity contribution >= 4 is 11.9 Å². The first-order valence-electron chi connectivity index (χ1n) is 5.13. The third-order valence-electron chi connectivity index (χ3n) is 2.48. The van der Waals surface area contributed by atoms with Gasteiger partial charge >= 0.3 is 11.9 Å². The van der Waals surface area contributed by atoms with Gasteiger partial charge in [0.05, 0.1) is 19.6 Å². The summed E-state index contributed by atoms with van der Waals surface area (Å²) in [6, 6.07) is 0. The van der Waals surface area contributed by atoms with Gasteiger partial charge in [-0.2, -0.15) is 0 Å². The van der Waals surface area contributed by atoms with E-state index in [0.29, 0.717) is 31.4 Å². The Bertz CT molecular complexity index is 280. The van der Waals surface area contributed by atoms with E-state index < -0.39 is 0 Å². The van der Waals surface area contributed by atoms with Crippen LogP contribution >= 0.6 is 0 Å². The summed E-state index contributed by atoms with van der Waals surface area (Å²) in [7, 11) is 1.36. The lowest BCUT2D eigenvalue weighted by molar-refractivity contribution is -0.148. The van der Waals surface area contributed by atoms with Crippen LogP contribution in [0, 0.1) is 5.92 Å². The molecule has 0 amide bonds. The fraction of sp³-hybridized carbons (Fsp3) is 0.636. The van der Waals surface area contributed by atoms with Crippen LogP contribution in [-0.4, -0.2) is 25.7 Å². The van der Waals surface area contributed by atoms with Crippen LogP contribution in [-0.2, 0) is 19.1 Å². The number of carbonyl (C=O) groups is 2. The highest BCUT2D eigenvalue weighted by Crippen LogP contribution is 2.25. The van der Waals surface area contributed by atoms with E-state index in [4.69, 9.17) is 4.74 Å². The highest BCUT2D eigenvalue weighted by Gasteiger charge is 2.24. The zero-order valence-electron chi connectivity index (χ0n) is 9.12. The predicted molar refractivity (Wildman–Crippen MR) is 54.1 cm³/mol. The van der Waals surface area contributed by atoms with Crippen molar-refractivity contribution in [2.75, 3.05) is 13.7 Å². The molecule has 0 saturated carbocycles. The van der Waals surface area contributed by atoms with Crippen molar-refractivity contribution in [3.8, 4) is 0 Å². The standard InChI is InChI=1S/C11H16O4/c1-3-15-11(13)9-6-4-8(5-7-9)10(12)14-2/h4,9H,3,5-7H2,1-2H3.